The van der Waals surface area contributed by atoms with Gasteiger partial charge in [-0.2, -0.15) is 0 Å². The number of phenolic OH excluding ortho intramolecular Hbond substituents is 1. The molecule has 5 N–H and O–H groups in total. The van der Waals surface area contributed by atoms with E-state index in [2.05, 4.69) is 5.32 Å². The van der Waals surface area contributed by atoms with E-state index in [-0.39, 0.29) is 29.6 Å². The molecule has 2 saturated heterocycles. The van der Waals surface area contributed by atoms with E-state index in [1.165, 1.54) is 24.3 Å². The number of carbonyl (C=O) groups is 1. The van der Waals surface area contributed by atoms with Gasteiger partial charge in [-0.1, -0.05) is 43.2 Å². The van der Waals surface area contributed by atoms with Gasteiger partial charge < -0.3 is 34.5 Å². The smallest absolute Gasteiger partial charge is 0.407 e. The van der Waals surface area contributed by atoms with E-state index in [1.807, 2.05) is 6.07 Å². The Morgan fingerprint density at radius 3 is 2.48 bits per heavy atom. The number of aliphatic hydroxyl groups is 1. The minimum atomic E-state index is -4.55. The fraction of sp³-hybridized carbons (Fsp3) is 0.536. The first kappa shape index (κ1) is 28.8. The number of nitrogens with one attached hydrogen (secondary N) is 1. The van der Waals surface area contributed by atoms with Gasteiger partial charge in [0.15, 0.2) is 6.29 Å². The van der Waals surface area contributed by atoms with E-state index in [4.69, 9.17) is 24.7 Å². The van der Waals surface area contributed by atoms with Crippen molar-refractivity contribution < 1.29 is 42.4 Å². The first-order valence-corrected chi connectivity index (χ1v) is 15.1. The maximum Gasteiger partial charge on any atom is 0.407 e. The van der Waals surface area contributed by atoms with Crippen molar-refractivity contribution in [2.45, 2.75) is 79.1 Å². The quantitative estimate of drug-likeness (QED) is 0.308. The monoisotopic (exact) mass is 576 g/mol. The minimum absolute atomic E-state index is 0.0471. The Labute approximate surface area is 233 Å². The van der Waals surface area contributed by atoms with E-state index in [0.717, 1.165) is 18.4 Å². The van der Waals surface area contributed by atoms with Crippen molar-refractivity contribution in [3.63, 3.8) is 0 Å². The third kappa shape index (κ3) is 5.97. The lowest BCUT2D eigenvalue weighted by Gasteiger charge is -2.39. The molecule has 6 atom stereocenters. The molecule has 3 fully saturated rings. The van der Waals surface area contributed by atoms with Crippen LogP contribution >= 0.6 is 0 Å². The van der Waals surface area contributed by atoms with Crippen molar-refractivity contribution in [1.82, 2.24) is 5.32 Å². The van der Waals surface area contributed by atoms with Gasteiger partial charge in [0.25, 0.3) is 5.06 Å². The van der Waals surface area contributed by atoms with E-state index in [9.17, 15) is 23.4 Å². The van der Waals surface area contributed by atoms with Gasteiger partial charge in [0.2, 0.25) is 9.84 Å². The highest BCUT2D eigenvalue weighted by Crippen LogP contribution is 2.35. The Bertz CT molecular complexity index is 1250. The number of ether oxygens (including phenoxy) is 4. The molecule has 40 heavy (non-hydrogen) atoms. The Hall–Kier alpha value is -2.74. The Balaban J connectivity index is 1.44. The SMILES string of the molecule is NC(OC1CCCC1)([C@H](O)[C@H](Cc1ccccc1)NC(=O)OC1COC2OCCC12)S(=O)(=O)c1ccc(O)cc1. The molecule has 1 saturated carbocycles. The number of fused-ring (bicyclic) bond motifs is 1. The van der Waals surface area contributed by atoms with Crippen LogP contribution in [0.15, 0.2) is 59.5 Å². The molecule has 2 aliphatic heterocycles. The molecule has 4 unspecified atom stereocenters. The zero-order valence-corrected chi connectivity index (χ0v) is 22.9. The van der Waals surface area contributed by atoms with Crippen LogP contribution in [0.3, 0.4) is 0 Å². The van der Waals surface area contributed by atoms with Crippen LogP contribution in [0.1, 0.15) is 37.7 Å². The number of sulfone groups is 1. The number of amides is 1. The van der Waals surface area contributed by atoms with Crippen LogP contribution in [0.4, 0.5) is 4.79 Å². The van der Waals surface area contributed by atoms with Crippen LogP contribution in [-0.2, 0) is 35.2 Å². The van der Waals surface area contributed by atoms with Gasteiger partial charge >= 0.3 is 6.09 Å². The molecule has 0 spiro atoms. The molecule has 5 rings (SSSR count). The largest absolute Gasteiger partial charge is 0.508 e. The first-order valence-electron chi connectivity index (χ1n) is 13.6. The van der Waals surface area contributed by atoms with Gasteiger partial charge in [-0.15, -0.1) is 0 Å². The zero-order valence-electron chi connectivity index (χ0n) is 22.1. The molecule has 12 heteroatoms. The number of alkyl carbamates (subject to hydrolysis) is 1. The van der Waals surface area contributed by atoms with E-state index < -0.39 is 51.6 Å². The topological polar surface area (TPSA) is 167 Å². The Morgan fingerprint density at radius 1 is 1.07 bits per heavy atom. The number of rotatable bonds is 10. The fourth-order valence-electron chi connectivity index (χ4n) is 5.63. The molecule has 1 aliphatic carbocycles. The van der Waals surface area contributed by atoms with Crippen LogP contribution in [-0.4, -0.2) is 73.6 Å². The molecule has 11 nitrogen and oxygen atoms in total. The lowest BCUT2D eigenvalue weighted by Crippen LogP contribution is -2.66. The molecule has 2 heterocycles. The highest BCUT2D eigenvalue weighted by molar-refractivity contribution is 7.92. The predicted molar refractivity (Wildman–Crippen MR) is 143 cm³/mol. The average molecular weight is 577 g/mol. The van der Waals surface area contributed by atoms with E-state index in [1.54, 1.807) is 24.3 Å². The maximum absolute atomic E-state index is 14.0. The summed E-state index contributed by atoms with van der Waals surface area (Å²) in [6.45, 7) is 0.686. The van der Waals surface area contributed by atoms with Gasteiger partial charge in [0.05, 0.1) is 36.2 Å². The van der Waals surface area contributed by atoms with Gasteiger partial charge in [-0.3, -0.25) is 5.73 Å². The summed E-state index contributed by atoms with van der Waals surface area (Å²) in [6.07, 6.45) is -0.623. The van der Waals surface area contributed by atoms with Gasteiger partial charge in [0, 0.05) is 0 Å². The fourth-order valence-corrected chi connectivity index (χ4v) is 7.24. The summed E-state index contributed by atoms with van der Waals surface area (Å²) in [6, 6.07) is 12.6. The number of aliphatic hydroxyl groups excluding tert-OH is 1. The van der Waals surface area contributed by atoms with Crippen LogP contribution in [0.25, 0.3) is 0 Å². The number of carbonyl (C=O) groups excluding carboxylic acids is 1. The van der Waals surface area contributed by atoms with Crippen molar-refractivity contribution in [3.8, 4) is 5.75 Å². The normalized spacial score (nSPS) is 26.1. The van der Waals surface area contributed by atoms with Gasteiger partial charge in [0.1, 0.15) is 18.0 Å². The van der Waals surface area contributed by atoms with Crippen LogP contribution in [0.2, 0.25) is 0 Å². The summed E-state index contributed by atoms with van der Waals surface area (Å²) in [5, 5.41) is 21.5. The summed E-state index contributed by atoms with van der Waals surface area (Å²) in [5.41, 5.74) is 7.31. The van der Waals surface area contributed by atoms with Crippen molar-refractivity contribution in [1.29, 1.82) is 0 Å². The number of benzene rings is 2. The summed E-state index contributed by atoms with van der Waals surface area (Å²) < 4.78 is 50.7. The number of hydrogen-bond acceptors (Lipinski definition) is 10. The summed E-state index contributed by atoms with van der Waals surface area (Å²) in [5.74, 6) is -0.228. The Morgan fingerprint density at radius 2 is 1.77 bits per heavy atom. The number of phenols is 1. The zero-order chi connectivity index (χ0) is 28.3. The molecule has 218 valence electrons. The Kier molecular flexibility index (Phi) is 8.64. The highest BCUT2D eigenvalue weighted by Gasteiger charge is 2.54. The molecule has 0 radical (unpaired) electrons. The van der Waals surface area contributed by atoms with Gasteiger partial charge in [-0.25, -0.2) is 13.2 Å². The second-order valence-corrected chi connectivity index (χ2v) is 12.7. The van der Waals surface area contributed by atoms with Crippen molar-refractivity contribution in [2.24, 2.45) is 11.7 Å². The second-order valence-electron chi connectivity index (χ2n) is 10.6. The third-order valence-corrected chi connectivity index (χ3v) is 9.93. The molecular formula is C28H36N2O9S. The van der Waals surface area contributed by atoms with Crippen molar-refractivity contribution in [3.05, 3.63) is 60.2 Å². The maximum atomic E-state index is 14.0. The number of hydrogen-bond donors (Lipinski definition) is 4. The lowest BCUT2D eigenvalue weighted by atomic mass is 10.00. The molecule has 1 amide bonds. The summed E-state index contributed by atoms with van der Waals surface area (Å²) in [4.78, 5) is 12.9. The number of aromatic hydroxyl groups is 1. The van der Waals surface area contributed by atoms with Crippen LogP contribution in [0.5, 0.6) is 5.75 Å². The number of nitrogens with two attached hydrogens (primary N) is 1. The lowest BCUT2D eigenvalue weighted by molar-refractivity contribution is -0.110. The molecular weight excluding hydrogens is 540 g/mol. The van der Waals surface area contributed by atoms with Crippen molar-refractivity contribution in [2.75, 3.05) is 13.2 Å². The summed E-state index contributed by atoms with van der Waals surface area (Å²) in [7, 11) is -4.55. The van der Waals surface area contributed by atoms with Crippen LogP contribution < -0.4 is 11.1 Å². The molecule has 0 bridgehead atoms. The second kappa shape index (κ2) is 12.0. The predicted octanol–water partition coefficient (Wildman–Crippen LogP) is 2.20. The third-order valence-electron chi connectivity index (χ3n) is 7.86. The summed E-state index contributed by atoms with van der Waals surface area (Å²) >= 11 is 0. The molecule has 2 aromatic rings. The highest BCUT2D eigenvalue weighted by atomic mass is 32.2. The first-order chi connectivity index (χ1) is 19.2. The van der Waals surface area contributed by atoms with Gasteiger partial charge in [-0.05, 0) is 55.5 Å². The van der Waals surface area contributed by atoms with Crippen molar-refractivity contribution >= 4 is 15.9 Å². The molecule has 3 aliphatic rings. The minimum Gasteiger partial charge on any atom is -0.508 e. The van der Waals surface area contributed by atoms with E-state index in [0.29, 0.717) is 25.9 Å². The molecule has 2 aromatic carbocycles. The molecule has 0 aromatic heterocycles. The van der Waals surface area contributed by atoms with Crippen LogP contribution in [0, 0.1) is 5.92 Å². The standard InChI is InChI=1S/C28H36N2O9S/c29-28(39-20-8-4-5-9-20,40(34,35)21-12-10-19(31)11-13-21)25(32)23(16-18-6-2-1-3-7-18)30-27(33)38-24-17-37-26-22(24)14-15-36-26/h1-3,6-7,10-13,20,22-26,31-32H,4-5,8-9,14-17,29H2,(H,30,33)/t22?,23-,24?,25+,26?,28?/m0/s1. The van der Waals surface area contributed by atoms with E-state index >= 15 is 0 Å². The average Bonchev–Trinajstić information content (AvgIpc) is 3.69.